The summed E-state index contributed by atoms with van der Waals surface area (Å²) in [6.07, 6.45) is 4.12. The Labute approximate surface area is 85.0 Å². The molecule has 2 nitrogen and oxygen atoms in total. The zero-order chi connectivity index (χ0) is 10.1. The first-order valence-electron chi connectivity index (χ1n) is 5.29. The number of hydrogen-bond acceptors (Lipinski definition) is 2. The summed E-state index contributed by atoms with van der Waals surface area (Å²) >= 11 is 0. The molecule has 0 fully saturated rings. The van der Waals surface area contributed by atoms with Crippen LogP contribution in [-0.2, 0) is 13.0 Å². The highest BCUT2D eigenvalue weighted by atomic mass is 16.3. The van der Waals surface area contributed by atoms with Crippen molar-refractivity contribution < 1.29 is 5.11 Å². The largest absolute Gasteiger partial charge is 0.392 e. The van der Waals surface area contributed by atoms with Gasteiger partial charge in [0, 0.05) is 11.9 Å². The molecule has 14 heavy (non-hydrogen) atoms. The summed E-state index contributed by atoms with van der Waals surface area (Å²) in [6, 6.07) is 2.11. The molecule has 0 radical (unpaired) electrons. The second-order valence-electron chi connectivity index (χ2n) is 4.48. The second kappa shape index (κ2) is 3.70. The predicted molar refractivity (Wildman–Crippen MR) is 56.1 cm³/mol. The third kappa shape index (κ3) is 1.67. The molecule has 2 unspecified atom stereocenters. The normalized spacial score (nSPS) is 25.9. The Kier molecular flexibility index (Phi) is 2.55. The molecule has 1 N–H and O–H groups in total. The Morgan fingerprint density at radius 1 is 1.50 bits per heavy atom. The SMILES string of the molecule is CC1Cc2ncc(CO)cc2C(C)C1. The van der Waals surface area contributed by atoms with Crippen molar-refractivity contribution >= 4 is 0 Å². The molecule has 0 amide bonds. The molecule has 0 aromatic carbocycles. The number of rotatable bonds is 1. The molecule has 1 aliphatic rings. The lowest BCUT2D eigenvalue weighted by atomic mass is 9.80. The zero-order valence-electron chi connectivity index (χ0n) is 8.83. The van der Waals surface area contributed by atoms with Crippen LogP contribution in [0.5, 0.6) is 0 Å². The Balaban J connectivity index is 2.39. The van der Waals surface area contributed by atoms with E-state index in [9.17, 15) is 0 Å². The summed E-state index contributed by atoms with van der Waals surface area (Å²) in [7, 11) is 0. The summed E-state index contributed by atoms with van der Waals surface area (Å²) < 4.78 is 0. The predicted octanol–water partition coefficient (Wildman–Crippen LogP) is 2.26. The summed E-state index contributed by atoms with van der Waals surface area (Å²) in [4.78, 5) is 4.43. The van der Waals surface area contributed by atoms with Gasteiger partial charge in [0.2, 0.25) is 0 Å². The summed E-state index contributed by atoms with van der Waals surface area (Å²) in [5.41, 5.74) is 3.51. The minimum absolute atomic E-state index is 0.0998. The summed E-state index contributed by atoms with van der Waals surface area (Å²) in [6.45, 7) is 4.63. The lowest BCUT2D eigenvalue weighted by Crippen LogP contribution is -2.16. The van der Waals surface area contributed by atoms with Gasteiger partial charge < -0.3 is 5.11 Å². The van der Waals surface area contributed by atoms with Crippen molar-refractivity contribution in [2.24, 2.45) is 5.92 Å². The fraction of sp³-hybridized carbons (Fsp3) is 0.583. The van der Waals surface area contributed by atoms with Crippen molar-refractivity contribution in [1.29, 1.82) is 0 Å². The van der Waals surface area contributed by atoms with Crippen molar-refractivity contribution in [1.82, 2.24) is 4.98 Å². The first kappa shape index (κ1) is 9.66. The van der Waals surface area contributed by atoms with Crippen molar-refractivity contribution in [2.75, 3.05) is 0 Å². The van der Waals surface area contributed by atoms with Crippen LogP contribution >= 0.6 is 0 Å². The number of aliphatic hydroxyl groups is 1. The van der Waals surface area contributed by atoms with Crippen LogP contribution in [0.4, 0.5) is 0 Å². The number of hydrogen-bond donors (Lipinski definition) is 1. The van der Waals surface area contributed by atoms with E-state index in [1.807, 2.05) is 0 Å². The molecule has 1 heterocycles. The number of pyridine rings is 1. The monoisotopic (exact) mass is 191 g/mol. The smallest absolute Gasteiger partial charge is 0.0696 e. The van der Waals surface area contributed by atoms with Crippen LogP contribution in [-0.4, -0.2) is 10.1 Å². The van der Waals surface area contributed by atoms with Crippen LogP contribution in [0, 0.1) is 5.92 Å². The number of fused-ring (bicyclic) bond motifs is 1. The quantitative estimate of drug-likeness (QED) is 0.738. The fourth-order valence-electron chi connectivity index (χ4n) is 2.38. The number of aliphatic hydroxyl groups excluding tert-OH is 1. The molecule has 2 heteroatoms. The Morgan fingerprint density at radius 2 is 2.29 bits per heavy atom. The number of nitrogens with zero attached hydrogens (tertiary/aromatic N) is 1. The molecule has 0 saturated carbocycles. The second-order valence-corrected chi connectivity index (χ2v) is 4.48. The van der Waals surface area contributed by atoms with Gasteiger partial charge in [-0.05, 0) is 41.9 Å². The molecule has 0 spiro atoms. The average Bonchev–Trinajstić information content (AvgIpc) is 2.17. The van der Waals surface area contributed by atoms with E-state index >= 15 is 0 Å². The maximum absolute atomic E-state index is 9.04. The van der Waals surface area contributed by atoms with Crippen LogP contribution in [0.1, 0.15) is 43.0 Å². The van der Waals surface area contributed by atoms with Crippen molar-refractivity contribution in [3.8, 4) is 0 Å². The van der Waals surface area contributed by atoms with Crippen molar-refractivity contribution in [3.05, 3.63) is 29.1 Å². The molecule has 76 valence electrons. The summed E-state index contributed by atoms with van der Waals surface area (Å²) in [5, 5.41) is 9.04. The van der Waals surface area contributed by atoms with E-state index in [0.29, 0.717) is 5.92 Å². The highest BCUT2D eigenvalue weighted by Gasteiger charge is 2.22. The Morgan fingerprint density at radius 3 is 3.00 bits per heavy atom. The first-order chi connectivity index (χ1) is 6.70. The lowest BCUT2D eigenvalue weighted by Gasteiger charge is -2.26. The molecule has 0 aliphatic heterocycles. The van der Waals surface area contributed by atoms with Crippen LogP contribution in [0.25, 0.3) is 0 Å². The lowest BCUT2D eigenvalue weighted by molar-refractivity contribution is 0.281. The van der Waals surface area contributed by atoms with E-state index in [0.717, 1.165) is 17.9 Å². The molecule has 1 aromatic rings. The molecule has 1 aromatic heterocycles. The minimum atomic E-state index is 0.0998. The average molecular weight is 191 g/mol. The van der Waals surface area contributed by atoms with Gasteiger partial charge in [0.05, 0.1) is 6.61 Å². The molecule has 2 rings (SSSR count). The highest BCUT2D eigenvalue weighted by Crippen LogP contribution is 2.33. The van der Waals surface area contributed by atoms with Crippen LogP contribution < -0.4 is 0 Å². The van der Waals surface area contributed by atoms with Gasteiger partial charge in [0.15, 0.2) is 0 Å². The minimum Gasteiger partial charge on any atom is -0.392 e. The van der Waals surface area contributed by atoms with E-state index < -0.39 is 0 Å². The van der Waals surface area contributed by atoms with Gasteiger partial charge in [-0.15, -0.1) is 0 Å². The van der Waals surface area contributed by atoms with E-state index in [-0.39, 0.29) is 6.61 Å². The van der Waals surface area contributed by atoms with Gasteiger partial charge in [-0.25, -0.2) is 0 Å². The van der Waals surface area contributed by atoms with Crippen molar-refractivity contribution in [2.45, 2.75) is 39.2 Å². The number of aromatic nitrogens is 1. The topological polar surface area (TPSA) is 33.1 Å². The Bertz CT molecular complexity index is 335. The van der Waals surface area contributed by atoms with E-state index in [4.69, 9.17) is 5.11 Å². The maximum atomic E-state index is 9.04. The van der Waals surface area contributed by atoms with Gasteiger partial charge in [0.1, 0.15) is 0 Å². The standard InChI is InChI=1S/C12H17NO/c1-8-3-9(2)11-5-10(7-14)6-13-12(11)4-8/h5-6,8-9,14H,3-4,7H2,1-2H3. The van der Waals surface area contributed by atoms with E-state index in [1.165, 1.54) is 17.7 Å². The fourth-order valence-corrected chi connectivity index (χ4v) is 2.38. The van der Waals surface area contributed by atoms with Crippen LogP contribution in [0.2, 0.25) is 0 Å². The van der Waals surface area contributed by atoms with Gasteiger partial charge in [-0.2, -0.15) is 0 Å². The van der Waals surface area contributed by atoms with E-state index in [2.05, 4.69) is 24.9 Å². The highest BCUT2D eigenvalue weighted by molar-refractivity contribution is 5.30. The molecule has 2 atom stereocenters. The molecule has 0 saturated heterocycles. The molecule has 1 aliphatic carbocycles. The molecular weight excluding hydrogens is 174 g/mol. The van der Waals surface area contributed by atoms with Gasteiger partial charge in [0.25, 0.3) is 0 Å². The van der Waals surface area contributed by atoms with Gasteiger partial charge >= 0.3 is 0 Å². The third-order valence-corrected chi connectivity index (χ3v) is 3.07. The first-order valence-corrected chi connectivity index (χ1v) is 5.29. The van der Waals surface area contributed by atoms with Gasteiger partial charge in [-0.1, -0.05) is 13.8 Å². The molecular formula is C12H17NO. The van der Waals surface area contributed by atoms with Crippen molar-refractivity contribution in [3.63, 3.8) is 0 Å². The van der Waals surface area contributed by atoms with Crippen LogP contribution in [0.3, 0.4) is 0 Å². The van der Waals surface area contributed by atoms with Gasteiger partial charge in [-0.3, -0.25) is 4.98 Å². The summed E-state index contributed by atoms with van der Waals surface area (Å²) in [5.74, 6) is 1.33. The zero-order valence-corrected chi connectivity index (χ0v) is 8.83. The molecule has 0 bridgehead atoms. The van der Waals surface area contributed by atoms with E-state index in [1.54, 1.807) is 6.20 Å². The third-order valence-electron chi connectivity index (χ3n) is 3.07. The maximum Gasteiger partial charge on any atom is 0.0696 e. The Hall–Kier alpha value is -0.890. The van der Waals surface area contributed by atoms with Crippen LogP contribution in [0.15, 0.2) is 12.3 Å².